The molecule has 1 aromatic carbocycles. The summed E-state index contributed by atoms with van der Waals surface area (Å²) in [6.45, 7) is 0.654. The molecular formula is C16H24ClF3N4. The van der Waals surface area contributed by atoms with E-state index >= 15 is 0 Å². The normalized spacial score (nSPS) is 12.6. The van der Waals surface area contributed by atoms with Gasteiger partial charge in [-0.1, -0.05) is 23.7 Å². The lowest BCUT2D eigenvalue weighted by Crippen LogP contribution is -2.40. The number of hydrogen-bond donors (Lipinski definition) is 1. The number of rotatable bonds is 7. The lowest BCUT2D eigenvalue weighted by Gasteiger charge is -2.23. The SMILES string of the molecule is CN=C(NCCCN(C)CC(F)(F)F)N(C)Cc1cccc(Cl)c1. The highest BCUT2D eigenvalue weighted by molar-refractivity contribution is 6.30. The van der Waals surface area contributed by atoms with Crippen molar-refractivity contribution in [2.75, 3.05) is 40.8 Å². The number of halogens is 4. The Hall–Kier alpha value is -1.47. The van der Waals surface area contributed by atoms with Gasteiger partial charge in [0.25, 0.3) is 0 Å². The Bertz CT molecular complexity index is 534. The predicted molar refractivity (Wildman–Crippen MR) is 92.4 cm³/mol. The smallest absolute Gasteiger partial charge is 0.356 e. The number of hydrogen-bond acceptors (Lipinski definition) is 2. The molecule has 1 N–H and O–H groups in total. The largest absolute Gasteiger partial charge is 0.401 e. The van der Waals surface area contributed by atoms with Gasteiger partial charge in [-0.05, 0) is 37.7 Å². The molecule has 24 heavy (non-hydrogen) atoms. The first-order chi connectivity index (χ1) is 11.2. The van der Waals surface area contributed by atoms with Gasteiger partial charge < -0.3 is 10.2 Å². The Morgan fingerprint density at radius 1 is 1.29 bits per heavy atom. The average Bonchev–Trinajstić information content (AvgIpc) is 2.45. The van der Waals surface area contributed by atoms with Gasteiger partial charge in [0.1, 0.15) is 0 Å². The van der Waals surface area contributed by atoms with Crippen molar-refractivity contribution in [3.63, 3.8) is 0 Å². The fourth-order valence-electron chi connectivity index (χ4n) is 2.30. The predicted octanol–water partition coefficient (Wildman–Crippen LogP) is 3.23. The van der Waals surface area contributed by atoms with Crippen LogP contribution in [0.25, 0.3) is 0 Å². The zero-order chi connectivity index (χ0) is 18.2. The molecule has 0 fully saturated rings. The van der Waals surface area contributed by atoms with E-state index in [1.165, 1.54) is 11.9 Å². The molecule has 0 aromatic heterocycles. The van der Waals surface area contributed by atoms with Crippen molar-refractivity contribution in [2.45, 2.75) is 19.1 Å². The topological polar surface area (TPSA) is 30.9 Å². The van der Waals surface area contributed by atoms with Gasteiger partial charge in [-0.2, -0.15) is 13.2 Å². The third-order valence-corrected chi connectivity index (χ3v) is 3.57. The molecule has 8 heteroatoms. The molecular weight excluding hydrogens is 341 g/mol. The zero-order valence-corrected chi connectivity index (χ0v) is 15.0. The quantitative estimate of drug-likeness (QED) is 0.458. The molecule has 0 aliphatic carbocycles. The van der Waals surface area contributed by atoms with E-state index in [9.17, 15) is 13.2 Å². The lowest BCUT2D eigenvalue weighted by atomic mass is 10.2. The van der Waals surface area contributed by atoms with E-state index in [0.29, 0.717) is 37.0 Å². The van der Waals surface area contributed by atoms with Crippen LogP contribution in [-0.2, 0) is 6.54 Å². The second-order valence-corrected chi connectivity index (χ2v) is 6.10. The molecule has 4 nitrogen and oxygen atoms in total. The van der Waals surface area contributed by atoms with Crippen molar-refractivity contribution in [2.24, 2.45) is 4.99 Å². The second kappa shape index (κ2) is 9.74. The summed E-state index contributed by atoms with van der Waals surface area (Å²) in [6.07, 6.45) is -3.56. The van der Waals surface area contributed by atoms with Crippen molar-refractivity contribution >= 4 is 17.6 Å². The summed E-state index contributed by atoms with van der Waals surface area (Å²) in [5, 5.41) is 3.83. The first kappa shape index (κ1) is 20.6. The molecule has 1 rings (SSSR count). The molecule has 0 aliphatic heterocycles. The molecule has 0 bridgehead atoms. The number of benzene rings is 1. The number of guanidine groups is 1. The van der Waals surface area contributed by atoms with E-state index in [2.05, 4.69) is 10.3 Å². The first-order valence-electron chi connectivity index (χ1n) is 7.63. The van der Waals surface area contributed by atoms with Gasteiger partial charge in [0.2, 0.25) is 0 Å². The highest BCUT2D eigenvalue weighted by Crippen LogP contribution is 2.15. The summed E-state index contributed by atoms with van der Waals surface area (Å²) in [6, 6.07) is 7.56. The highest BCUT2D eigenvalue weighted by atomic mass is 35.5. The molecule has 0 spiro atoms. The molecule has 1 aromatic rings. The Labute approximate surface area is 146 Å². The molecule has 0 unspecified atom stereocenters. The minimum Gasteiger partial charge on any atom is -0.356 e. The van der Waals surface area contributed by atoms with Crippen LogP contribution in [0.1, 0.15) is 12.0 Å². The van der Waals surface area contributed by atoms with Crippen LogP contribution in [0.2, 0.25) is 5.02 Å². The maximum atomic E-state index is 12.2. The van der Waals surface area contributed by atoms with Gasteiger partial charge in [-0.15, -0.1) is 0 Å². The number of nitrogens with one attached hydrogen (secondary N) is 1. The molecule has 0 radical (unpaired) electrons. The van der Waals surface area contributed by atoms with Gasteiger partial charge >= 0.3 is 6.18 Å². The standard InChI is InChI=1S/C16H24ClF3N4/c1-21-15(22-8-5-9-23(2)12-16(18,19)20)24(3)11-13-6-4-7-14(17)10-13/h4,6-7,10H,5,8-9,11-12H2,1-3H3,(H,21,22). The van der Waals surface area contributed by atoms with E-state index in [1.54, 1.807) is 7.05 Å². The molecule has 0 atom stereocenters. The summed E-state index contributed by atoms with van der Waals surface area (Å²) >= 11 is 5.97. The van der Waals surface area contributed by atoms with Crippen molar-refractivity contribution < 1.29 is 13.2 Å². The van der Waals surface area contributed by atoms with Crippen LogP contribution in [-0.4, -0.2) is 62.7 Å². The van der Waals surface area contributed by atoms with E-state index in [-0.39, 0.29) is 0 Å². The van der Waals surface area contributed by atoms with E-state index in [0.717, 1.165) is 5.56 Å². The van der Waals surface area contributed by atoms with Crippen LogP contribution in [0.3, 0.4) is 0 Å². The number of aliphatic imine (C=N–C) groups is 1. The van der Waals surface area contributed by atoms with Crippen molar-refractivity contribution in [1.29, 1.82) is 0 Å². The summed E-state index contributed by atoms with van der Waals surface area (Å²) in [7, 11) is 5.03. The zero-order valence-electron chi connectivity index (χ0n) is 14.2. The maximum absolute atomic E-state index is 12.2. The minimum absolute atomic E-state index is 0.363. The summed E-state index contributed by atoms with van der Waals surface area (Å²) < 4.78 is 36.7. The Morgan fingerprint density at radius 3 is 2.58 bits per heavy atom. The minimum atomic E-state index is -4.16. The lowest BCUT2D eigenvalue weighted by molar-refractivity contribution is -0.143. The molecule has 136 valence electrons. The van der Waals surface area contributed by atoms with Crippen LogP contribution in [0.15, 0.2) is 29.3 Å². The third kappa shape index (κ3) is 8.40. The van der Waals surface area contributed by atoms with Gasteiger partial charge in [0, 0.05) is 32.2 Å². The maximum Gasteiger partial charge on any atom is 0.401 e. The van der Waals surface area contributed by atoms with Crippen LogP contribution in [0, 0.1) is 0 Å². The Kier molecular flexibility index (Phi) is 8.35. The van der Waals surface area contributed by atoms with Gasteiger partial charge in [0.15, 0.2) is 5.96 Å². The van der Waals surface area contributed by atoms with Crippen LogP contribution < -0.4 is 5.32 Å². The van der Waals surface area contributed by atoms with E-state index in [1.807, 2.05) is 36.2 Å². The Balaban J connectivity index is 2.37. The second-order valence-electron chi connectivity index (χ2n) is 5.67. The van der Waals surface area contributed by atoms with Gasteiger partial charge in [-0.3, -0.25) is 9.89 Å². The highest BCUT2D eigenvalue weighted by Gasteiger charge is 2.28. The van der Waals surface area contributed by atoms with Crippen LogP contribution in [0.4, 0.5) is 13.2 Å². The van der Waals surface area contributed by atoms with Gasteiger partial charge in [-0.25, -0.2) is 0 Å². The summed E-state index contributed by atoms with van der Waals surface area (Å²) in [5.74, 6) is 0.688. The van der Waals surface area contributed by atoms with Crippen LogP contribution >= 0.6 is 11.6 Å². The average molecular weight is 365 g/mol. The van der Waals surface area contributed by atoms with E-state index in [4.69, 9.17) is 11.6 Å². The third-order valence-electron chi connectivity index (χ3n) is 3.33. The summed E-state index contributed by atoms with van der Waals surface area (Å²) in [5.41, 5.74) is 1.05. The van der Waals surface area contributed by atoms with Crippen LogP contribution in [0.5, 0.6) is 0 Å². The monoisotopic (exact) mass is 364 g/mol. The number of alkyl halides is 3. The van der Waals surface area contributed by atoms with Crippen molar-refractivity contribution in [3.05, 3.63) is 34.9 Å². The molecule has 0 saturated carbocycles. The first-order valence-corrected chi connectivity index (χ1v) is 8.00. The van der Waals surface area contributed by atoms with Crippen molar-refractivity contribution in [1.82, 2.24) is 15.1 Å². The molecule has 0 amide bonds. The summed E-state index contributed by atoms with van der Waals surface area (Å²) in [4.78, 5) is 7.39. The van der Waals surface area contributed by atoms with Gasteiger partial charge in [0.05, 0.1) is 6.54 Å². The fourth-order valence-corrected chi connectivity index (χ4v) is 2.52. The number of nitrogens with zero attached hydrogens (tertiary/aromatic N) is 3. The Morgan fingerprint density at radius 2 is 2.00 bits per heavy atom. The molecule has 0 heterocycles. The van der Waals surface area contributed by atoms with Crippen molar-refractivity contribution in [3.8, 4) is 0 Å². The molecule has 0 aliphatic rings. The van der Waals surface area contributed by atoms with E-state index < -0.39 is 12.7 Å². The molecule has 0 saturated heterocycles. The fraction of sp³-hybridized carbons (Fsp3) is 0.562.